The third-order valence-electron chi connectivity index (χ3n) is 4.01. The van der Waals surface area contributed by atoms with Gasteiger partial charge in [-0.25, -0.2) is 0 Å². The Morgan fingerprint density at radius 3 is 3.00 bits per heavy atom. The SMILES string of the molecule is CC(C)C(NC(=O)CCC1CCCNC1)c1cccs1. The summed E-state index contributed by atoms with van der Waals surface area (Å²) in [7, 11) is 0. The topological polar surface area (TPSA) is 41.1 Å². The molecule has 1 saturated heterocycles. The lowest BCUT2D eigenvalue weighted by Gasteiger charge is -2.24. The summed E-state index contributed by atoms with van der Waals surface area (Å²) in [5.74, 6) is 1.30. The highest BCUT2D eigenvalue weighted by Gasteiger charge is 2.20. The Balaban J connectivity index is 1.79. The van der Waals surface area contributed by atoms with Crippen LogP contribution in [0.1, 0.15) is 50.4 Å². The smallest absolute Gasteiger partial charge is 0.220 e. The highest BCUT2D eigenvalue weighted by molar-refractivity contribution is 7.10. The molecule has 0 aromatic carbocycles. The lowest BCUT2D eigenvalue weighted by atomic mass is 9.94. The van der Waals surface area contributed by atoms with Crippen molar-refractivity contribution < 1.29 is 4.79 Å². The van der Waals surface area contributed by atoms with Gasteiger partial charge in [-0.05, 0) is 55.6 Å². The van der Waals surface area contributed by atoms with Gasteiger partial charge in [-0.15, -0.1) is 11.3 Å². The van der Waals surface area contributed by atoms with Crippen LogP contribution in [-0.2, 0) is 4.79 Å². The van der Waals surface area contributed by atoms with Gasteiger partial charge in [0.15, 0.2) is 0 Å². The van der Waals surface area contributed by atoms with E-state index >= 15 is 0 Å². The van der Waals surface area contributed by atoms with E-state index in [1.54, 1.807) is 11.3 Å². The monoisotopic (exact) mass is 294 g/mol. The van der Waals surface area contributed by atoms with E-state index in [4.69, 9.17) is 0 Å². The minimum absolute atomic E-state index is 0.159. The predicted molar refractivity (Wildman–Crippen MR) is 84.9 cm³/mol. The zero-order valence-corrected chi connectivity index (χ0v) is 13.3. The Bertz CT molecular complexity index is 397. The molecule has 3 nitrogen and oxygen atoms in total. The summed E-state index contributed by atoms with van der Waals surface area (Å²) < 4.78 is 0. The van der Waals surface area contributed by atoms with Crippen LogP contribution in [0.5, 0.6) is 0 Å². The molecule has 20 heavy (non-hydrogen) atoms. The normalized spacial score (nSPS) is 20.9. The molecule has 0 saturated carbocycles. The Morgan fingerprint density at radius 2 is 2.40 bits per heavy atom. The van der Waals surface area contributed by atoms with Crippen LogP contribution < -0.4 is 10.6 Å². The van der Waals surface area contributed by atoms with Crippen molar-refractivity contribution in [2.75, 3.05) is 13.1 Å². The fourth-order valence-corrected chi connectivity index (χ4v) is 3.73. The van der Waals surface area contributed by atoms with Crippen molar-refractivity contribution in [2.24, 2.45) is 11.8 Å². The standard InChI is InChI=1S/C16H26N2OS/c1-12(2)16(14-6-4-10-20-14)18-15(19)8-7-13-5-3-9-17-11-13/h4,6,10,12-13,16-17H,3,5,7-9,11H2,1-2H3,(H,18,19). The van der Waals surface area contributed by atoms with Crippen molar-refractivity contribution in [3.05, 3.63) is 22.4 Å². The molecule has 1 aliphatic rings. The average molecular weight is 294 g/mol. The first-order chi connectivity index (χ1) is 9.66. The van der Waals surface area contributed by atoms with Gasteiger partial charge in [-0.2, -0.15) is 0 Å². The minimum atomic E-state index is 0.159. The summed E-state index contributed by atoms with van der Waals surface area (Å²) in [6.45, 7) is 6.54. The summed E-state index contributed by atoms with van der Waals surface area (Å²) >= 11 is 1.72. The fourth-order valence-electron chi connectivity index (χ4n) is 2.79. The Hall–Kier alpha value is -0.870. The molecule has 0 radical (unpaired) electrons. The first-order valence-corrected chi connectivity index (χ1v) is 8.58. The van der Waals surface area contributed by atoms with Gasteiger partial charge in [0, 0.05) is 11.3 Å². The van der Waals surface area contributed by atoms with Gasteiger partial charge >= 0.3 is 0 Å². The molecule has 1 aliphatic heterocycles. The summed E-state index contributed by atoms with van der Waals surface area (Å²) in [5.41, 5.74) is 0. The number of piperidine rings is 1. The van der Waals surface area contributed by atoms with E-state index in [9.17, 15) is 4.79 Å². The van der Waals surface area contributed by atoms with E-state index in [2.05, 4.69) is 42.0 Å². The van der Waals surface area contributed by atoms with Crippen molar-refractivity contribution in [1.82, 2.24) is 10.6 Å². The second kappa shape index (κ2) is 7.79. The molecule has 2 N–H and O–H groups in total. The highest BCUT2D eigenvalue weighted by atomic mass is 32.1. The van der Waals surface area contributed by atoms with Crippen LogP contribution in [-0.4, -0.2) is 19.0 Å². The van der Waals surface area contributed by atoms with Crippen LogP contribution in [0.3, 0.4) is 0 Å². The molecule has 0 spiro atoms. The largest absolute Gasteiger partial charge is 0.348 e. The molecule has 2 heterocycles. The third-order valence-corrected chi connectivity index (χ3v) is 4.97. The maximum atomic E-state index is 12.2. The number of carbonyl (C=O) groups is 1. The van der Waals surface area contributed by atoms with Crippen LogP contribution in [0.15, 0.2) is 17.5 Å². The van der Waals surface area contributed by atoms with Crippen molar-refractivity contribution in [3.63, 3.8) is 0 Å². The van der Waals surface area contributed by atoms with Gasteiger partial charge in [-0.1, -0.05) is 19.9 Å². The predicted octanol–water partition coefficient (Wildman–Crippen LogP) is 3.34. The molecular formula is C16H26N2OS. The number of thiophene rings is 1. The van der Waals surface area contributed by atoms with Gasteiger partial charge in [-0.3, -0.25) is 4.79 Å². The fraction of sp³-hybridized carbons (Fsp3) is 0.688. The third kappa shape index (κ3) is 4.60. The Kier molecular flexibility index (Phi) is 6.05. The van der Waals surface area contributed by atoms with Crippen molar-refractivity contribution in [3.8, 4) is 0 Å². The average Bonchev–Trinajstić information content (AvgIpc) is 2.97. The number of hydrogen-bond donors (Lipinski definition) is 2. The first-order valence-electron chi connectivity index (χ1n) is 7.70. The molecule has 2 rings (SSSR count). The molecule has 2 unspecified atom stereocenters. The van der Waals surface area contributed by atoms with Gasteiger partial charge in [0.1, 0.15) is 0 Å². The Labute approximate surface area is 126 Å². The quantitative estimate of drug-likeness (QED) is 0.845. The molecule has 1 amide bonds. The molecular weight excluding hydrogens is 268 g/mol. The van der Waals surface area contributed by atoms with Gasteiger partial charge in [0.25, 0.3) is 0 Å². The van der Waals surface area contributed by atoms with E-state index in [0.29, 0.717) is 18.3 Å². The molecule has 1 aromatic rings. The maximum Gasteiger partial charge on any atom is 0.220 e. The number of amides is 1. The lowest BCUT2D eigenvalue weighted by Crippen LogP contribution is -2.33. The van der Waals surface area contributed by atoms with Crippen LogP contribution >= 0.6 is 11.3 Å². The molecule has 1 fully saturated rings. The molecule has 0 bridgehead atoms. The Morgan fingerprint density at radius 1 is 1.55 bits per heavy atom. The van der Waals surface area contributed by atoms with E-state index in [-0.39, 0.29) is 11.9 Å². The van der Waals surface area contributed by atoms with Crippen LogP contribution in [0.2, 0.25) is 0 Å². The van der Waals surface area contributed by atoms with Crippen molar-refractivity contribution in [1.29, 1.82) is 0 Å². The second-order valence-corrected chi connectivity index (χ2v) is 7.03. The zero-order valence-electron chi connectivity index (χ0n) is 12.5. The van der Waals surface area contributed by atoms with E-state index in [1.165, 1.54) is 17.7 Å². The number of carbonyl (C=O) groups excluding carboxylic acids is 1. The van der Waals surface area contributed by atoms with E-state index in [1.807, 2.05) is 0 Å². The number of rotatable bonds is 6. The van der Waals surface area contributed by atoms with Crippen LogP contribution in [0, 0.1) is 11.8 Å². The molecule has 1 aromatic heterocycles. The van der Waals surface area contributed by atoms with Crippen molar-refractivity contribution in [2.45, 2.75) is 45.6 Å². The summed E-state index contributed by atoms with van der Waals surface area (Å²) in [4.78, 5) is 13.4. The van der Waals surface area contributed by atoms with E-state index < -0.39 is 0 Å². The van der Waals surface area contributed by atoms with Gasteiger partial charge < -0.3 is 10.6 Å². The second-order valence-electron chi connectivity index (χ2n) is 6.06. The molecule has 4 heteroatoms. The van der Waals surface area contributed by atoms with Gasteiger partial charge in [0.05, 0.1) is 6.04 Å². The van der Waals surface area contributed by atoms with Crippen molar-refractivity contribution >= 4 is 17.2 Å². The number of nitrogens with one attached hydrogen (secondary N) is 2. The molecule has 112 valence electrons. The van der Waals surface area contributed by atoms with Gasteiger partial charge in [0.2, 0.25) is 5.91 Å². The lowest BCUT2D eigenvalue weighted by molar-refractivity contribution is -0.122. The number of hydrogen-bond acceptors (Lipinski definition) is 3. The first kappa shape index (κ1) is 15.5. The molecule has 2 atom stereocenters. The summed E-state index contributed by atoms with van der Waals surface area (Å²) in [5, 5.41) is 8.69. The summed E-state index contributed by atoms with van der Waals surface area (Å²) in [6, 6.07) is 4.32. The molecule has 0 aliphatic carbocycles. The highest BCUT2D eigenvalue weighted by Crippen LogP contribution is 2.26. The maximum absolute atomic E-state index is 12.2. The van der Waals surface area contributed by atoms with E-state index in [0.717, 1.165) is 19.5 Å². The van der Waals surface area contributed by atoms with Crippen LogP contribution in [0.4, 0.5) is 0 Å². The summed E-state index contributed by atoms with van der Waals surface area (Å²) in [6.07, 6.45) is 4.17. The van der Waals surface area contributed by atoms with Crippen LogP contribution in [0.25, 0.3) is 0 Å². The minimum Gasteiger partial charge on any atom is -0.348 e. The zero-order chi connectivity index (χ0) is 14.4.